The van der Waals surface area contributed by atoms with E-state index in [1.807, 2.05) is 6.07 Å². The van der Waals surface area contributed by atoms with Crippen LogP contribution in [0.4, 0.5) is 4.39 Å². The lowest BCUT2D eigenvalue weighted by atomic mass is 10.0. The number of halogens is 1. The number of carbonyl (C=O) groups is 1. The highest BCUT2D eigenvalue weighted by Gasteiger charge is 2.12. The van der Waals surface area contributed by atoms with Crippen LogP contribution < -0.4 is 4.74 Å². The van der Waals surface area contributed by atoms with Crippen LogP contribution in [0.15, 0.2) is 42.5 Å². The van der Waals surface area contributed by atoms with Gasteiger partial charge < -0.3 is 4.74 Å². The van der Waals surface area contributed by atoms with E-state index in [0.29, 0.717) is 22.4 Å². The summed E-state index contributed by atoms with van der Waals surface area (Å²) in [5.41, 5.74) is 1.53. The molecule has 100 valence electrons. The van der Waals surface area contributed by atoms with Crippen LogP contribution in [0.2, 0.25) is 0 Å². The summed E-state index contributed by atoms with van der Waals surface area (Å²) in [6.07, 6.45) is 0.102. The lowest BCUT2D eigenvalue weighted by Crippen LogP contribution is -2.05. The van der Waals surface area contributed by atoms with Gasteiger partial charge in [-0.05, 0) is 42.5 Å². The third kappa shape index (κ3) is 3.01. The van der Waals surface area contributed by atoms with E-state index in [1.165, 1.54) is 31.4 Å². The maximum Gasteiger partial charge on any atom is 0.167 e. The Balaban J connectivity index is 2.27. The molecule has 4 heteroatoms. The first-order chi connectivity index (χ1) is 9.63. The highest BCUT2D eigenvalue weighted by molar-refractivity contribution is 5.97. The SMILES string of the molecule is COc1ccc(C#N)cc1CC(=O)c1ccc(F)cc1. The quantitative estimate of drug-likeness (QED) is 0.801. The van der Waals surface area contributed by atoms with Crippen molar-refractivity contribution in [3.8, 4) is 11.8 Å². The summed E-state index contributed by atoms with van der Waals surface area (Å²) < 4.78 is 18.0. The van der Waals surface area contributed by atoms with E-state index in [-0.39, 0.29) is 18.0 Å². The average Bonchev–Trinajstić information content (AvgIpc) is 2.47. The molecular formula is C16H12FNO2. The lowest BCUT2D eigenvalue weighted by molar-refractivity contribution is 0.0992. The van der Waals surface area contributed by atoms with Gasteiger partial charge >= 0.3 is 0 Å². The van der Waals surface area contributed by atoms with Gasteiger partial charge in [-0.25, -0.2) is 4.39 Å². The molecule has 2 aromatic rings. The van der Waals surface area contributed by atoms with Gasteiger partial charge in [-0.2, -0.15) is 5.26 Å². The highest BCUT2D eigenvalue weighted by Crippen LogP contribution is 2.21. The summed E-state index contributed by atoms with van der Waals surface area (Å²) in [4.78, 5) is 12.1. The minimum atomic E-state index is -0.384. The van der Waals surface area contributed by atoms with Crippen molar-refractivity contribution in [2.75, 3.05) is 7.11 Å². The van der Waals surface area contributed by atoms with Crippen molar-refractivity contribution in [3.63, 3.8) is 0 Å². The zero-order chi connectivity index (χ0) is 14.5. The predicted molar refractivity (Wildman–Crippen MR) is 72.1 cm³/mol. The standard InChI is InChI=1S/C16H12FNO2/c1-20-16-7-2-11(10-18)8-13(16)9-15(19)12-3-5-14(17)6-4-12/h2-8H,9H2,1H3. The minimum Gasteiger partial charge on any atom is -0.496 e. The molecule has 0 aliphatic carbocycles. The second-order valence-corrected chi connectivity index (χ2v) is 4.25. The number of ketones is 1. The number of nitrogens with zero attached hydrogens (tertiary/aromatic N) is 1. The predicted octanol–water partition coefficient (Wildman–Crippen LogP) is 3.13. The second-order valence-electron chi connectivity index (χ2n) is 4.25. The first-order valence-electron chi connectivity index (χ1n) is 6.00. The molecule has 2 rings (SSSR count). The number of hydrogen-bond donors (Lipinski definition) is 0. The fourth-order valence-corrected chi connectivity index (χ4v) is 1.90. The smallest absolute Gasteiger partial charge is 0.167 e. The molecule has 0 amide bonds. The Morgan fingerprint density at radius 3 is 2.55 bits per heavy atom. The number of nitriles is 1. The molecule has 0 bridgehead atoms. The van der Waals surface area contributed by atoms with Gasteiger partial charge in [0, 0.05) is 17.5 Å². The van der Waals surface area contributed by atoms with Gasteiger partial charge in [0.1, 0.15) is 11.6 Å². The number of hydrogen-bond acceptors (Lipinski definition) is 3. The topological polar surface area (TPSA) is 50.1 Å². The molecule has 0 atom stereocenters. The highest BCUT2D eigenvalue weighted by atomic mass is 19.1. The normalized spacial score (nSPS) is 9.85. The van der Waals surface area contributed by atoms with E-state index in [0.717, 1.165) is 0 Å². The van der Waals surface area contributed by atoms with Crippen LogP contribution in [0.1, 0.15) is 21.5 Å². The van der Waals surface area contributed by atoms with Gasteiger partial charge in [0.25, 0.3) is 0 Å². The van der Waals surface area contributed by atoms with Gasteiger partial charge in [-0.1, -0.05) is 0 Å². The zero-order valence-electron chi connectivity index (χ0n) is 10.9. The molecule has 0 unspecified atom stereocenters. The van der Waals surface area contributed by atoms with Crippen molar-refractivity contribution in [2.24, 2.45) is 0 Å². The molecule has 2 aromatic carbocycles. The molecule has 0 aliphatic rings. The molecule has 20 heavy (non-hydrogen) atoms. The number of methoxy groups -OCH3 is 1. The number of carbonyl (C=O) groups excluding carboxylic acids is 1. The molecule has 0 saturated heterocycles. The summed E-state index contributed by atoms with van der Waals surface area (Å²) in [5, 5.41) is 8.89. The van der Waals surface area contributed by atoms with Crippen LogP contribution in [0, 0.1) is 17.1 Å². The molecule has 0 saturated carbocycles. The fraction of sp³-hybridized carbons (Fsp3) is 0.125. The Hall–Kier alpha value is -2.67. The number of Topliss-reactive ketones (excluding diaryl/α,β-unsaturated/α-hetero) is 1. The van der Waals surface area contributed by atoms with E-state index in [2.05, 4.69) is 0 Å². The van der Waals surface area contributed by atoms with Gasteiger partial charge in [0.2, 0.25) is 0 Å². The molecule has 3 nitrogen and oxygen atoms in total. The molecule has 0 fully saturated rings. The fourth-order valence-electron chi connectivity index (χ4n) is 1.90. The summed E-state index contributed by atoms with van der Waals surface area (Å²) >= 11 is 0. The molecular weight excluding hydrogens is 257 g/mol. The maximum absolute atomic E-state index is 12.8. The van der Waals surface area contributed by atoms with Gasteiger partial charge in [-0.15, -0.1) is 0 Å². The monoisotopic (exact) mass is 269 g/mol. The van der Waals surface area contributed by atoms with Gasteiger partial charge in [-0.3, -0.25) is 4.79 Å². The Kier molecular flexibility index (Phi) is 4.11. The van der Waals surface area contributed by atoms with E-state index < -0.39 is 0 Å². The maximum atomic E-state index is 12.8. The van der Waals surface area contributed by atoms with Crippen LogP contribution in [-0.4, -0.2) is 12.9 Å². The third-order valence-electron chi connectivity index (χ3n) is 2.93. The van der Waals surface area contributed by atoms with E-state index in [4.69, 9.17) is 10.00 Å². The lowest BCUT2D eigenvalue weighted by Gasteiger charge is -2.08. The van der Waals surface area contributed by atoms with Crippen molar-refractivity contribution in [1.29, 1.82) is 5.26 Å². The van der Waals surface area contributed by atoms with Gasteiger partial charge in [0.05, 0.1) is 18.7 Å². The van der Waals surface area contributed by atoms with Crippen LogP contribution in [-0.2, 0) is 6.42 Å². The Labute approximate surface area is 116 Å². The van der Waals surface area contributed by atoms with Crippen molar-refractivity contribution < 1.29 is 13.9 Å². The molecule has 0 aromatic heterocycles. The van der Waals surface area contributed by atoms with Gasteiger partial charge in [0.15, 0.2) is 5.78 Å². The van der Waals surface area contributed by atoms with Crippen molar-refractivity contribution >= 4 is 5.78 Å². The van der Waals surface area contributed by atoms with Crippen LogP contribution in [0.3, 0.4) is 0 Å². The molecule has 0 spiro atoms. The van der Waals surface area contributed by atoms with Crippen molar-refractivity contribution in [2.45, 2.75) is 6.42 Å². The van der Waals surface area contributed by atoms with Crippen LogP contribution in [0.5, 0.6) is 5.75 Å². The molecule has 0 radical (unpaired) electrons. The Morgan fingerprint density at radius 2 is 1.95 bits per heavy atom. The second kappa shape index (κ2) is 5.98. The van der Waals surface area contributed by atoms with Crippen LogP contribution >= 0.6 is 0 Å². The van der Waals surface area contributed by atoms with E-state index in [9.17, 15) is 9.18 Å². The van der Waals surface area contributed by atoms with Crippen molar-refractivity contribution in [1.82, 2.24) is 0 Å². The van der Waals surface area contributed by atoms with E-state index in [1.54, 1.807) is 18.2 Å². The Morgan fingerprint density at radius 1 is 1.25 bits per heavy atom. The number of rotatable bonds is 4. The Bertz CT molecular complexity index is 672. The summed E-state index contributed by atoms with van der Waals surface area (Å²) in [6, 6.07) is 12.3. The molecule has 0 N–H and O–H groups in total. The number of benzene rings is 2. The van der Waals surface area contributed by atoms with Crippen LogP contribution in [0.25, 0.3) is 0 Å². The van der Waals surface area contributed by atoms with E-state index >= 15 is 0 Å². The summed E-state index contributed by atoms with van der Waals surface area (Å²) in [5.74, 6) is 0.0171. The third-order valence-corrected chi connectivity index (χ3v) is 2.93. The first-order valence-corrected chi connectivity index (χ1v) is 6.00. The average molecular weight is 269 g/mol. The summed E-state index contributed by atoms with van der Waals surface area (Å²) in [7, 11) is 1.51. The largest absolute Gasteiger partial charge is 0.496 e. The minimum absolute atomic E-state index is 0.102. The molecule has 0 aliphatic heterocycles. The zero-order valence-corrected chi connectivity index (χ0v) is 10.9. The molecule has 0 heterocycles. The number of ether oxygens (including phenoxy) is 1. The first kappa shape index (κ1) is 13.8. The van der Waals surface area contributed by atoms with Crippen molar-refractivity contribution in [3.05, 3.63) is 65.0 Å². The summed E-state index contributed by atoms with van der Waals surface area (Å²) in [6.45, 7) is 0.